The van der Waals surface area contributed by atoms with Crippen molar-refractivity contribution in [2.45, 2.75) is 117 Å². The van der Waals surface area contributed by atoms with Crippen molar-refractivity contribution in [2.75, 3.05) is 0 Å². The van der Waals surface area contributed by atoms with Gasteiger partial charge in [0, 0.05) is 23.7 Å². The van der Waals surface area contributed by atoms with E-state index in [-0.39, 0.29) is 33.7 Å². The number of aliphatic hydroxyl groups is 2. The van der Waals surface area contributed by atoms with Crippen LogP contribution in [-0.4, -0.2) is 38.7 Å². The molecule has 0 radical (unpaired) electrons. The highest BCUT2D eigenvalue weighted by Gasteiger charge is 2.75. The molecule has 4 heteroatoms. The standard InChI is InChI=1S/C40H54O4/c1-29(17-13-19-31(3)21-23-39-35(5,6)25-33(41)27-37(39,9)43-39)15-11-12-16-30(2)18-14-20-32(4)22-24-40-36(7,8)26-34(42)28-38(40,10)44-40/h11-24,27,34,41-42H,25-26,28H2,1-10H3/b12-11+,17-13+,18-14+,23-21+,24-22+,29-15+,30-16+,31-19+,32-20+/t34-,37+,38+,39-,40-/m0/s1. The van der Waals surface area contributed by atoms with Crippen LogP contribution in [0, 0.1) is 10.8 Å². The summed E-state index contributed by atoms with van der Waals surface area (Å²) in [5, 5.41) is 20.4. The van der Waals surface area contributed by atoms with Gasteiger partial charge in [0.15, 0.2) is 0 Å². The molecule has 0 bridgehead atoms. The summed E-state index contributed by atoms with van der Waals surface area (Å²) >= 11 is 0. The summed E-state index contributed by atoms with van der Waals surface area (Å²) in [6, 6.07) is 0. The third kappa shape index (κ3) is 6.68. The Morgan fingerprint density at radius 3 is 1.64 bits per heavy atom. The molecule has 0 amide bonds. The molecule has 2 aliphatic heterocycles. The first-order valence-electron chi connectivity index (χ1n) is 16.0. The van der Waals surface area contributed by atoms with Crippen LogP contribution in [0.5, 0.6) is 0 Å². The van der Waals surface area contributed by atoms with E-state index in [2.05, 4.69) is 147 Å². The van der Waals surface area contributed by atoms with Crippen LogP contribution in [-0.2, 0) is 9.47 Å². The topological polar surface area (TPSA) is 65.5 Å². The molecule has 5 atom stereocenters. The summed E-state index contributed by atoms with van der Waals surface area (Å²) < 4.78 is 12.4. The van der Waals surface area contributed by atoms with Crippen LogP contribution in [0.15, 0.2) is 119 Å². The van der Waals surface area contributed by atoms with Crippen LogP contribution in [0.1, 0.15) is 88.5 Å². The van der Waals surface area contributed by atoms with E-state index in [1.165, 1.54) is 5.57 Å². The van der Waals surface area contributed by atoms with Gasteiger partial charge in [-0.3, -0.25) is 0 Å². The van der Waals surface area contributed by atoms with Crippen LogP contribution in [0.3, 0.4) is 0 Å². The van der Waals surface area contributed by atoms with Gasteiger partial charge in [0.2, 0.25) is 0 Å². The minimum Gasteiger partial charge on any atom is -0.513 e. The van der Waals surface area contributed by atoms with Crippen LogP contribution in [0.2, 0.25) is 0 Å². The maximum absolute atomic E-state index is 10.3. The summed E-state index contributed by atoms with van der Waals surface area (Å²) in [7, 11) is 0. The van der Waals surface area contributed by atoms with Gasteiger partial charge >= 0.3 is 0 Å². The second kappa shape index (κ2) is 12.1. The Balaban J connectivity index is 1.26. The van der Waals surface area contributed by atoms with Crippen LogP contribution in [0.4, 0.5) is 0 Å². The highest BCUT2D eigenvalue weighted by molar-refractivity contribution is 5.42. The molecule has 2 heterocycles. The van der Waals surface area contributed by atoms with Gasteiger partial charge in [-0.1, -0.05) is 123 Å². The molecule has 44 heavy (non-hydrogen) atoms. The first-order valence-corrected chi connectivity index (χ1v) is 16.0. The van der Waals surface area contributed by atoms with Gasteiger partial charge in [-0.25, -0.2) is 0 Å². The predicted molar refractivity (Wildman–Crippen MR) is 183 cm³/mol. The summed E-state index contributed by atoms with van der Waals surface area (Å²) in [5.74, 6) is 0.419. The zero-order valence-electron chi connectivity index (χ0n) is 28.6. The Morgan fingerprint density at radius 2 is 1.14 bits per heavy atom. The van der Waals surface area contributed by atoms with Gasteiger partial charge in [0.1, 0.15) is 22.4 Å². The second-order valence-corrected chi connectivity index (χ2v) is 15.1. The molecule has 0 unspecified atom stereocenters. The average Bonchev–Trinajstić information content (AvgIpc) is 3.73. The van der Waals surface area contributed by atoms with Crippen molar-refractivity contribution < 1.29 is 19.7 Å². The molecule has 2 saturated heterocycles. The van der Waals surface area contributed by atoms with E-state index in [0.717, 1.165) is 23.1 Å². The Bertz CT molecular complexity index is 1440. The van der Waals surface area contributed by atoms with Crippen LogP contribution >= 0.6 is 0 Å². The molecule has 4 rings (SSSR count). The Hall–Kier alpha value is -2.92. The number of epoxide rings is 2. The highest BCUT2D eigenvalue weighted by atomic mass is 16.6. The molecule has 3 fully saturated rings. The first kappa shape index (κ1) is 34.0. The molecule has 1 saturated carbocycles. The molecule has 4 nitrogen and oxygen atoms in total. The fourth-order valence-electron chi connectivity index (χ4n) is 7.55. The molecule has 0 aromatic heterocycles. The number of hydrogen-bond donors (Lipinski definition) is 2. The minimum absolute atomic E-state index is 0.0984. The maximum atomic E-state index is 10.3. The van der Waals surface area contributed by atoms with E-state index in [1.807, 2.05) is 13.0 Å². The van der Waals surface area contributed by atoms with Gasteiger partial charge in [-0.2, -0.15) is 0 Å². The SMILES string of the molecule is CC(/C=C/C=C(C)/C=C/[C@@]12O[C@]1(C)C=C(O)CC2(C)C)=C\C=C\C=C(C)\C=C\C=C(C)\C=C\[C@@]12O[C@]1(C)C[C@@H](O)CC2(C)C. The van der Waals surface area contributed by atoms with Crippen molar-refractivity contribution in [1.82, 2.24) is 0 Å². The van der Waals surface area contributed by atoms with Gasteiger partial charge in [-0.05, 0) is 66.2 Å². The molecule has 2 aliphatic carbocycles. The molecular weight excluding hydrogens is 544 g/mol. The molecule has 238 valence electrons. The summed E-state index contributed by atoms with van der Waals surface area (Å²) in [5.41, 5.74) is 3.01. The molecule has 0 spiro atoms. The first-order chi connectivity index (χ1) is 20.4. The van der Waals surface area contributed by atoms with Gasteiger partial charge < -0.3 is 19.7 Å². The number of aliphatic hydroxyl groups excluding tert-OH is 2. The molecular formula is C40H54O4. The second-order valence-electron chi connectivity index (χ2n) is 15.1. The van der Waals surface area contributed by atoms with Crippen molar-refractivity contribution in [3.05, 3.63) is 119 Å². The number of fused-ring (bicyclic) bond motifs is 2. The smallest absolute Gasteiger partial charge is 0.126 e. The average molecular weight is 599 g/mol. The fourth-order valence-corrected chi connectivity index (χ4v) is 7.55. The van der Waals surface area contributed by atoms with Gasteiger partial charge in [-0.15, -0.1) is 0 Å². The fraction of sp³-hybridized carbons (Fsp3) is 0.500. The zero-order valence-corrected chi connectivity index (χ0v) is 28.6. The van der Waals surface area contributed by atoms with Crippen molar-refractivity contribution in [1.29, 1.82) is 0 Å². The van der Waals surface area contributed by atoms with Crippen LogP contribution in [0.25, 0.3) is 0 Å². The number of ether oxygens (including phenoxy) is 2. The summed E-state index contributed by atoms with van der Waals surface area (Å²) in [6.07, 6.45) is 33.2. The Labute approximate surface area is 266 Å². The van der Waals surface area contributed by atoms with E-state index < -0.39 is 5.60 Å². The highest BCUT2D eigenvalue weighted by Crippen LogP contribution is 2.66. The lowest BCUT2D eigenvalue weighted by Crippen LogP contribution is -2.46. The zero-order chi connectivity index (χ0) is 32.6. The quantitative estimate of drug-likeness (QED) is 0.194. The van der Waals surface area contributed by atoms with Crippen molar-refractivity contribution >= 4 is 0 Å². The van der Waals surface area contributed by atoms with E-state index in [4.69, 9.17) is 9.47 Å². The van der Waals surface area contributed by atoms with Crippen molar-refractivity contribution in [3.8, 4) is 0 Å². The number of rotatable bonds is 10. The Kier molecular flexibility index (Phi) is 9.35. The minimum atomic E-state index is -0.431. The number of allylic oxidation sites excluding steroid dienone is 17. The van der Waals surface area contributed by atoms with Crippen molar-refractivity contribution in [3.63, 3.8) is 0 Å². The molecule has 4 aliphatic rings. The molecule has 0 aromatic rings. The lowest BCUT2D eigenvalue weighted by Gasteiger charge is -2.39. The van der Waals surface area contributed by atoms with E-state index in [1.54, 1.807) is 0 Å². The van der Waals surface area contributed by atoms with Gasteiger partial charge in [0.25, 0.3) is 0 Å². The van der Waals surface area contributed by atoms with Crippen molar-refractivity contribution in [2.24, 2.45) is 10.8 Å². The third-order valence-electron chi connectivity index (χ3n) is 10.1. The number of hydrogen-bond acceptors (Lipinski definition) is 4. The third-order valence-corrected chi connectivity index (χ3v) is 10.1. The summed E-state index contributed by atoms with van der Waals surface area (Å²) in [6.45, 7) is 21.2. The maximum Gasteiger partial charge on any atom is 0.126 e. The molecule has 0 aromatic carbocycles. The van der Waals surface area contributed by atoms with E-state index >= 15 is 0 Å². The monoisotopic (exact) mass is 598 g/mol. The normalized spacial score (nSPS) is 37.3. The van der Waals surface area contributed by atoms with E-state index in [9.17, 15) is 10.2 Å². The van der Waals surface area contributed by atoms with E-state index in [0.29, 0.717) is 18.6 Å². The predicted octanol–water partition coefficient (Wildman–Crippen LogP) is 9.66. The van der Waals surface area contributed by atoms with Crippen LogP contribution < -0.4 is 0 Å². The lowest BCUT2D eigenvalue weighted by atomic mass is 9.63. The lowest BCUT2D eigenvalue weighted by molar-refractivity contribution is 0.0515. The summed E-state index contributed by atoms with van der Waals surface area (Å²) in [4.78, 5) is 0. The van der Waals surface area contributed by atoms with Gasteiger partial charge in [0.05, 0.1) is 11.9 Å². The molecule has 2 N–H and O–H groups in total. The largest absolute Gasteiger partial charge is 0.513 e. The Morgan fingerprint density at radius 1 is 0.659 bits per heavy atom.